The number of carbonyl (C=O) groups is 1. The molecule has 0 fully saturated rings. The van der Waals surface area contributed by atoms with Crippen LogP contribution in [0.15, 0.2) is 34.3 Å². The van der Waals surface area contributed by atoms with Crippen LogP contribution in [-0.4, -0.2) is 21.2 Å². The summed E-state index contributed by atoms with van der Waals surface area (Å²) in [6, 6.07) is 4.94. The summed E-state index contributed by atoms with van der Waals surface area (Å²) in [7, 11) is 0. The number of phenols is 2. The SMILES string of the molecule is Cc1ccc(C(=O)OCc2csc(-c3ccsc3)n2)c(O)c1O. The number of carbonyl (C=O) groups excluding carboxylic acids is 1. The summed E-state index contributed by atoms with van der Waals surface area (Å²) in [5, 5.41) is 26.1. The van der Waals surface area contributed by atoms with E-state index in [1.165, 1.54) is 17.4 Å². The molecule has 0 bridgehead atoms. The zero-order valence-corrected chi connectivity index (χ0v) is 13.8. The summed E-state index contributed by atoms with van der Waals surface area (Å²) in [6.07, 6.45) is 0. The number of thiazole rings is 1. The lowest BCUT2D eigenvalue weighted by Crippen LogP contribution is -2.06. The predicted octanol–water partition coefficient (Wildman–Crippen LogP) is 3.95. The van der Waals surface area contributed by atoms with Gasteiger partial charge in [0.05, 0.1) is 5.69 Å². The molecule has 0 spiro atoms. The molecule has 0 aliphatic carbocycles. The molecule has 2 heterocycles. The zero-order chi connectivity index (χ0) is 16.4. The molecule has 23 heavy (non-hydrogen) atoms. The Hall–Kier alpha value is -2.38. The molecule has 2 N–H and O–H groups in total. The van der Waals surface area contributed by atoms with E-state index in [1.807, 2.05) is 22.2 Å². The van der Waals surface area contributed by atoms with E-state index >= 15 is 0 Å². The Balaban J connectivity index is 1.69. The van der Waals surface area contributed by atoms with Gasteiger partial charge in [-0.2, -0.15) is 11.3 Å². The summed E-state index contributed by atoms with van der Waals surface area (Å²) in [5.41, 5.74) is 2.10. The number of hydrogen-bond acceptors (Lipinski definition) is 7. The van der Waals surface area contributed by atoms with E-state index in [4.69, 9.17) is 4.74 Å². The van der Waals surface area contributed by atoms with Gasteiger partial charge in [0.15, 0.2) is 11.5 Å². The van der Waals surface area contributed by atoms with Crippen molar-refractivity contribution >= 4 is 28.6 Å². The smallest absolute Gasteiger partial charge is 0.342 e. The summed E-state index contributed by atoms with van der Waals surface area (Å²) in [4.78, 5) is 16.4. The molecule has 0 saturated carbocycles. The number of aromatic hydroxyl groups is 2. The molecule has 0 unspecified atom stereocenters. The quantitative estimate of drug-likeness (QED) is 0.552. The maximum atomic E-state index is 12.0. The topological polar surface area (TPSA) is 79.7 Å². The standard InChI is InChI=1S/C16H13NO4S2/c1-9-2-3-12(14(19)13(9)18)16(20)21-6-11-8-23-15(17-11)10-4-5-22-7-10/h2-5,7-8,18-19H,6H2,1H3. The zero-order valence-electron chi connectivity index (χ0n) is 12.1. The number of aryl methyl sites for hydroxylation is 1. The van der Waals surface area contributed by atoms with E-state index < -0.39 is 11.7 Å². The van der Waals surface area contributed by atoms with E-state index in [0.29, 0.717) is 11.3 Å². The van der Waals surface area contributed by atoms with Gasteiger partial charge < -0.3 is 14.9 Å². The number of phenolic OH excluding ortho intramolecular Hbond substituents is 2. The second kappa shape index (κ2) is 6.39. The van der Waals surface area contributed by atoms with E-state index in [0.717, 1.165) is 10.6 Å². The maximum absolute atomic E-state index is 12.0. The Kier molecular flexibility index (Phi) is 4.31. The molecule has 2 aromatic heterocycles. The third-order valence-corrected chi connectivity index (χ3v) is 4.87. The number of thiophene rings is 1. The van der Waals surface area contributed by atoms with Crippen molar-refractivity contribution in [3.05, 3.63) is 51.2 Å². The molecule has 3 aromatic rings. The molecule has 0 aliphatic heterocycles. The summed E-state index contributed by atoms with van der Waals surface area (Å²) < 4.78 is 5.16. The average molecular weight is 347 g/mol. The number of aromatic nitrogens is 1. The van der Waals surface area contributed by atoms with Crippen LogP contribution in [0.3, 0.4) is 0 Å². The van der Waals surface area contributed by atoms with Gasteiger partial charge in [-0.1, -0.05) is 6.07 Å². The van der Waals surface area contributed by atoms with Crippen molar-refractivity contribution in [2.75, 3.05) is 0 Å². The van der Waals surface area contributed by atoms with Gasteiger partial charge in [-0.15, -0.1) is 11.3 Å². The number of rotatable bonds is 4. The summed E-state index contributed by atoms with van der Waals surface area (Å²) >= 11 is 3.07. The van der Waals surface area contributed by atoms with Crippen molar-refractivity contribution in [3.8, 4) is 22.1 Å². The number of ether oxygens (including phenoxy) is 1. The molecule has 7 heteroatoms. The van der Waals surface area contributed by atoms with Crippen molar-refractivity contribution in [2.24, 2.45) is 0 Å². The highest BCUT2D eigenvalue weighted by molar-refractivity contribution is 7.14. The molecule has 1 aromatic carbocycles. The molecule has 0 amide bonds. The average Bonchev–Trinajstić information content (AvgIpc) is 3.21. The summed E-state index contributed by atoms with van der Waals surface area (Å²) in [5.74, 6) is -1.48. The first kappa shape index (κ1) is 15.5. The molecule has 0 aliphatic rings. The first-order valence-corrected chi connectivity index (χ1v) is 8.54. The van der Waals surface area contributed by atoms with Gasteiger partial charge in [0.1, 0.15) is 17.2 Å². The van der Waals surface area contributed by atoms with Gasteiger partial charge in [0, 0.05) is 16.3 Å². The van der Waals surface area contributed by atoms with Crippen molar-refractivity contribution < 1.29 is 19.7 Å². The molecule has 0 radical (unpaired) electrons. The molecular formula is C16H13NO4S2. The summed E-state index contributed by atoms with van der Waals surface area (Å²) in [6.45, 7) is 1.64. The minimum absolute atomic E-state index is 0.00749. The van der Waals surface area contributed by atoms with Gasteiger partial charge in [-0.25, -0.2) is 9.78 Å². The first-order valence-electron chi connectivity index (χ1n) is 6.72. The van der Waals surface area contributed by atoms with Crippen LogP contribution >= 0.6 is 22.7 Å². The number of hydrogen-bond donors (Lipinski definition) is 2. The highest BCUT2D eigenvalue weighted by Crippen LogP contribution is 2.32. The molecule has 0 saturated heterocycles. The van der Waals surface area contributed by atoms with Crippen molar-refractivity contribution in [3.63, 3.8) is 0 Å². The van der Waals surface area contributed by atoms with Crippen molar-refractivity contribution in [1.29, 1.82) is 0 Å². The minimum Gasteiger partial charge on any atom is -0.504 e. The molecule has 3 rings (SSSR count). The van der Waals surface area contributed by atoms with Crippen molar-refractivity contribution in [2.45, 2.75) is 13.5 Å². The third-order valence-electron chi connectivity index (χ3n) is 3.24. The van der Waals surface area contributed by atoms with Crippen LogP contribution < -0.4 is 0 Å². The molecular weight excluding hydrogens is 334 g/mol. The van der Waals surface area contributed by atoms with Crippen molar-refractivity contribution in [1.82, 2.24) is 4.98 Å². The Bertz CT molecular complexity index is 840. The van der Waals surface area contributed by atoms with Crippen LogP contribution in [-0.2, 0) is 11.3 Å². The highest BCUT2D eigenvalue weighted by Gasteiger charge is 2.17. The predicted molar refractivity (Wildman–Crippen MR) is 89.1 cm³/mol. The normalized spacial score (nSPS) is 10.7. The number of benzene rings is 1. The third kappa shape index (κ3) is 3.20. The second-order valence-electron chi connectivity index (χ2n) is 4.86. The Morgan fingerprint density at radius 1 is 1.22 bits per heavy atom. The monoisotopic (exact) mass is 347 g/mol. The highest BCUT2D eigenvalue weighted by atomic mass is 32.1. The second-order valence-corrected chi connectivity index (χ2v) is 6.50. The molecule has 118 valence electrons. The minimum atomic E-state index is -0.706. The number of esters is 1. The van der Waals surface area contributed by atoms with E-state index in [9.17, 15) is 15.0 Å². The lowest BCUT2D eigenvalue weighted by molar-refractivity contribution is 0.0464. The van der Waals surface area contributed by atoms with Gasteiger partial charge in [-0.3, -0.25) is 0 Å². The Morgan fingerprint density at radius 3 is 2.78 bits per heavy atom. The maximum Gasteiger partial charge on any atom is 0.342 e. The van der Waals surface area contributed by atoms with Crippen LogP contribution in [0.25, 0.3) is 10.6 Å². The fourth-order valence-corrected chi connectivity index (χ4v) is 3.47. The van der Waals surface area contributed by atoms with E-state index in [-0.39, 0.29) is 17.9 Å². The molecule has 0 atom stereocenters. The van der Waals surface area contributed by atoms with Crippen LogP contribution in [0.1, 0.15) is 21.6 Å². The van der Waals surface area contributed by atoms with E-state index in [2.05, 4.69) is 4.98 Å². The van der Waals surface area contributed by atoms with Crippen LogP contribution in [0.5, 0.6) is 11.5 Å². The van der Waals surface area contributed by atoms with Gasteiger partial charge in [0.25, 0.3) is 0 Å². The van der Waals surface area contributed by atoms with Gasteiger partial charge in [0.2, 0.25) is 0 Å². The Morgan fingerprint density at radius 2 is 2.04 bits per heavy atom. The van der Waals surface area contributed by atoms with Crippen LogP contribution in [0, 0.1) is 6.92 Å². The lowest BCUT2D eigenvalue weighted by Gasteiger charge is -2.08. The fraction of sp³-hybridized carbons (Fsp3) is 0.125. The van der Waals surface area contributed by atoms with E-state index in [1.54, 1.807) is 24.3 Å². The fourth-order valence-electron chi connectivity index (χ4n) is 1.95. The largest absolute Gasteiger partial charge is 0.504 e. The number of nitrogens with zero attached hydrogens (tertiary/aromatic N) is 1. The van der Waals surface area contributed by atoms with Gasteiger partial charge in [-0.05, 0) is 30.0 Å². The van der Waals surface area contributed by atoms with Gasteiger partial charge >= 0.3 is 5.97 Å². The lowest BCUT2D eigenvalue weighted by atomic mass is 10.1. The molecule has 5 nitrogen and oxygen atoms in total. The first-order chi connectivity index (χ1) is 11.1. The van der Waals surface area contributed by atoms with Crippen LogP contribution in [0.4, 0.5) is 0 Å². The Labute approximate surface area is 140 Å². The van der Waals surface area contributed by atoms with Crippen LogP contribution in [0.2, 0.25) is 0 Å².